The van der Waals surface area contributed by atoms with Gasteiger partial charge in [-0.1, -0.05) is 12.1 Å². The third-order valence-electron chi connectivity index (χ3n) is 5.22. The molecular formula is C22H26NO4+. The van der Waals surface area contributed by atoms with Crippen LogP contribution in [0.4, 0.5) is 0 Å². The zero-order chi connectivity index (χ0) is 19.6. The summed E-state index contributed by atoms with van der Waals surface area (Å²) < 4.78 is 10.9. The Bertz CT molecular complexity index is 1000. The molecule has 0 unspecified atom stereocenters. The first kappa shape index (κ1) is 19.0. The molecule has 0 amide bonds. The summed E-state index contributed by atoms with van der Waals surface area (Å²) in [5, 5.41) is 11.2. The van der Waals surface area contributed by atoms with Gasteiger partial charge in [0.2, 0.25) is 0 Å². The lowest BCUT2D eigenvalue weighted by molar-refractivity contribution is -0.910. The van der Waals surface area contributed by atoms with Crippen LogP contribution in [0.3, 0.4) is 0 Å². The van der Waals surface area contributed by atoms with Gasteiger partial charge in [-0.05, 0) is 56.2 Å². The van der Waals surface area contributed by atoms with Crippen molar-refractivity contribution in [2.24, 2.45) is 0 Å². The van der Waals surface area contributed by atoms with E-state index in [1.54, 1.807) is 13.2 Å². The van der Waals surface area contributed by atoms with Crippen molar-refractivity contribution in [2.45, 2.75) is 27.3 Å². The normalized spacial score (nSPS) is 11.3. The fraction of sp³-hybridized carbons (Fsp3) is 0.318. The van der Waals surface area contributed by atoms with E-state index >= 15 is 0 Å². The Morgan fingerprint density at radius 1 is 1.07 bits per heavy atom. The van der Waals surface area contributed by atoms with Crippen molar-refractivity contribution in [3.05, 3.63) is 57.9 Å². The van der Waals surface area contributed by atoms with E-state index in [-0.39, 0.29) is 5.75 Å². The molecule has 0 radical (unpaired) electrons. The molecule has 5 heteroatoms. The monoisotopic (exact) mass is 368 g/mol. The Morgan fingerprint density at radius 3 is 2.33 bits per heavy atom. The SMILES string of the molecule is CC[NH+](CC)Cc1c(O)ccc2c(C)c(-c3ccc(OC)cc3)c(=O)oc12. The first-order valence-corrected chi connectivity index (χ1v) is 9.26. The van der Waals surface area contributed by atoms with Crippen molar-refractivity contribution in [1.29, 1.82) is 0 Å². The van der Waals surface area contributed by atoms with E-state index in [9.17, 15) is 9.90 Å². The van der Waals surface area contributed by atoms with Crippen LogP contribution in [-0.2, 0) is 6.54 Å². The summed E-state index contributed by atoms with van der Waals surface area (Å²) in [6.07, 6.45) is 0. The molecule has 0 aliphatic heterocycles. The summed E-state index contributed by atoms with van der Waals surface area (Å²) >= 11 is 0. The minimum atomic E-state index is -0.397. The summed E-state index contributed by atoms with van der Waals surface area (Å²) in [7, 11) is 1.61. The summed E-state index contributed by atoms with van der Waals surface area (Å²) in [4.78, 5) is 14.1. The fourth-order valence-corrected chi connectivity index (χ4v) is 3.47. The predicted octanol–water partition coefficient (Wildman–Crippen LogP) is 2.91. The third-order valence-corrected chi connectivity index (χ3v) is 5.22. The topological polar surface area (TPSA) is 64.1 Å². The van der Waals surface area contributed by atoms with Crippen LogP contribution < -0.4 is 15.3 Å². The van der Waals surface area contributed by atoms with E-state index < -0.39 is 5.63 Å². The molecule has 2 N–H and O–H groups in total. The first-order chi connectivity index (χ1) is 13.0. The molecule has 5 nitrogen and oxygen atoms in total. The van der Waals surface area contributed by atoms with Gasteiger partial charge in [-0.2, -0.15) is 0 Å². The number of ether oxygens (including phenoxy) is 1. The van der Waals surface area contributed by atoms with E-state index in [0.717, 1.165) is 35.4 Å². The maximum Gasteiger partial charge on any atom is 0.344 e. The zero-order valence-corrected chi connectivity index (χ0v) is 16.3. The minimum absolute atomic E-state index is 0.168. The minimum Gasteiger partial charge on any atom is -0.507 e. The summed E-state index contributed by atoms with van der Waals surface area (Å²) in [5.74, 6) is 0.901. The van der Waals surface area contributed by atoms with Gasteiger partial charge in [-0.15, -0.1) is 0 Å². The summed E-state index contributed by atoms with van der Waals surface area (Å²) in [6, 6.07) is 10.9. The van der Waals surface area contributed by atoms with Crippen LogP contribution in [0.25, 0.3) is 22.1 Å². The van der Waals surface area contributed by atoms with Gasteiger partial charge in [-0.3, -0.25) is 0 Å². The lowest BCUT2D eigenvalue weighted by Gasteiger charge is -2.18. The highest BCUT2D eigenvalue weighted by Crippen LogP contribution is 2.32. The molecule has 0 atom stereocenters. The molecule has 0 aliphatic carbocycles. The number of rotatable bonds is 6. The Morgan fingerprint density at radius 2 is 1.74 bits per heavy atom. The maximum absolute atomic E-state index is 12.8. The van der Waals surface area contributed by atoms with E-state index in [0.29, 0.717) is 23.3 Å². The second-order valence-electron chi connectivity index (χ2n) is 6.69. The van der Waals surface area contributed by atoms with E-state index in [1.165, 1.54) is 4.90 Å². The van der Waals surface area contributed by atoms with Crippen LogP contribution in [0, 0.1) is 6.92 Å². The number of methoxy groups -OCH3 is 1. The van der Waals surface area contributed by atoms with E-state index in [2.05, 4.69) is 13.8 Å². The highest BCUT2D eigenvalue weighted by molar-refractivity contribution is 5.89. The number of aryl methyl sites for hydroxylation is 1. The quantitative estimate of drug-likeness (QED) is 0.657. The number of phenols is 1. The lowest BCUT2D eigenvalue weighted by atomic mass is 9.97. The Hall–Kier alpha value is -2.79. The Balaban J connectivity index is 2.20. The lowest BCUT2D eigenvalue weighted by Crippen LogP contribution is -3.10. The molecular weight excluding hydrogens is 342 g/mol. The van der Waals surface area contributed by atoms with Crippen molar-refractivity contribution in [2.75, 3.05) is 20.2 Å². The number of nitrogens with one attached hydrogen (secondary N) is 1. The second kappa shape index (κ2) is 7.84. The molecule has 1 heterocycles. The van der Waals surface area contributed by atoms with Crippen LogP contribution in [0.1, 0.15) is 25.0 Å². The molecule has 27 heavy (non-hydrogen) atoms. The van der Waals surface area contributed by atoms with Gasteiger partial charge in [0, 0.05) is 5.39 Å². The molecule has 0 saturated carbocycles. The number of hydrogen-bond donors (Lipinski definition) is 2. The molecule has 0 fully saturated rings. The Kier molecular flexibility index (Phi) is 5.51. The fourth-order valence-electron chi connectivity index (χ4n) is 3.47. The number of quaternary nitrogens is 1. The maximum atomic E-state index is 12.8. The van der Waals surface area contributed by atoms with Crippen LogP contribution in [0.2, 0.25) is 0 Å². The highest BCUT2D eigenvalue weighted by atomic mass is 16.5. The molecule has 0 spiro atoms. The number of hydrogen-bond acceptors (Lipinski definition) is 4. The average Bonchev–Trinajstić information content (AvgIpc) is 2.68. The van der Waals surface area contributed by atoms with Crippen LogP contribution in [-0.4, -0.2) is 25.3 Å². The Labute approximate surface area is 158 Å². The molecule has 0 saturated heterocycles. The number of benzene rings is 2. The van der Waals surface area contributed by atoms with Crippen LogP contribution in [0.5, 0.6) is 11.5 Å². The summed E-state index contributed by atoms with van der Waals surface area (Å²) in [5.41, 5.74) is 2.94. The van der Waals surface area contributed by atoms with E-state index in [4.69, 9.17) is 9.15 Å². The van der Waals surface area contributed by atoms with Crippen molar-refractivity contribution in [1.82, 2.24) is 0 Å². The molecule has 3 aromatic rings. The van der Waals surface area contributed by atoms with Gasteiger partial charge >= 0.3 is 5.63 Å². The standard InChI is InChI=1S/C22H25NO4/c1-5-23(6-2)13-18-19(24)12-11-17-14(3)20(22(25)27-21(17)18)15-7-9-16(26-4)10-8-15/h7-12,24H,5-6,13H2,1-4H3/p+1. The molecule has 0 aliphatic rings. The highest BCUT2D eigenvalue weighted by Gasteiger charge is 2.20. The van der Waals surface area contributed by atoms with Crippen molar-refractivity contribution in [3.63, 3.8) is 0 Å². The van der Waals surface area contributed by atoms with Crippen molar-refractivity contribution < 1.29 is 19.2 Å². The molecule has 142 valence electrons. The number of aromatic hydroxyl groups is 1. The molecule has 1 aromatic heterocycles. The van der Waals surface area contributed by atoms with E-state index in [1.807, 2.05) is 37.3 Å². The van der Waals surface area contributed by atoms with Gasteiger partial charge < -0.3 is 19.2 Å². The molecule has 0 bridgehead atoms. The van der Waals surface area contributed by atoms with Crippen molar-refractivity contribution >= 4 is 11.0 Å². The van der Waals surface area contributed by atoms with Gasteiger partial charge in [0.15, 0.2) is 5.58 Å². The van der Waals surface area contributed by atoms with Crippen molar-refractivity contribution in [3.8, 4) is 22.6 Å². The molecule has 3 rings (SSSR count). The van der Waals surface area contributed by atoms with Gasteiger partial charge in [0.25, 0.3) is 0 Å². The van der Waals surface area contributed by atoms with Gasteiger partial charge in [0.05, 0.1) is 31.3 Å². The smallest absolute Gasteiger partial charge is 0.344 e. The number of phenolic OH excluding ortho intramolecular Hbond substituents is 1. The largest absolute Gasteiger partial charge is 0.507 e. The zero-order valence-electron chi connectivity index (χ0n) is 16.3. The second-order valence-corrected chi connectivity index (χ2v) is 6.69. The number of fused-ring (bicyclic) bond motifs is 1. The molecule has 2 aromatic carbocycles. The van der Waals surface area contributed by atoms with Crippen LogP contribution >= 0.6 is 0 Å². The average molecular weight is 368 g/mol. The third kappa shape index (κ3) is 3.55. The van der Waals surface area contributed by atoms with Crippen LogP contribution in [0.15, 0.2) is 45.6 Å². The van der Waals surface area contributed by atoms with Gasteiger partial charge in [0.1, 0.15) is 18.0 Å². The summed E-state index contributed by atoms with van der Waals surface area (Å²) in [6.45, 7) is 8.59. The predicted molar refractivity (Wildman–Crippen MR) is 107 cm³/mol. The first-order valence-electron chi connectivity index (χ1n) is 9.26. The van der Waals surface area contributed by atoms with Gasteiger partial charge in [-0.25, -0.2) is 4.79 Å².